The molecule has 0 aliphatic carbocycles. The summed E-state index contributed by atoms with van der Waals surface area (Å²) in [7, 11) is 0. The van der Waals surface area contributed by atoms with Crippen molar-refractivity contribution in [2.45, 2.75) is 40.0 Å². The molecule has 0 rings (SSSR count). The number of hydrogen-bond donors (Lipinski definition) is 3. The van der Waals surface area contributed by atoms with Crippen molar-refractivity contribution in [3.05, 3.63) is 0 Å². The van der Waals surface area contributed by atoms with Gasteiger partial charge in [0.2, 0.25) is 5.96 Å². The van der Waals surface area contributed by atoms with E-state index in [1.165, 1.54) is 6.42 Å². The lowest BCUT2D eigenvalue weighted by atomic mass is 10.2. The van der Waals surface area contributed by atoms with E-state index in [1.807, 2.05) is 0 Å². The predicted molar refractivity (Wildman–Crippen MR) is 72.8 cm³/mol. The molecule has 5 heteroatoms. The standard InChI is InChI=1S/C12H28N4O/c1-4-5-8-17-9-6-7-14-12(16-13)15-10-11(2)3/h11H,4-10,13H2,1-3H3,(H2,14,15,16). The van der Waals surface area contributed by atoms with Crippen LogP contribution in [0, 0.1) is 5.92 Å². The van der Waals surface area contributed by atoms with E-state index in [-0.39, 0.29) is 0 Å². The molecule has 5 nitrogen and oxygen atoms in total. The highest BCUT2D eigenvalue weighted by atomic mass is 16.5. The van der Waals surface area contributed by atoms with Crippen molar-refractivity contribution in [3.63, 3.8) is 0 Å². The lowest BCUT2D eigenvalue weighted by Gasteiger charge is -2.10. The minimum absolute atomic E-state index is 0.539. The Morgan fingerprint density at radius 3 is 2.59 bits per heavy atom. The lowest BCUT2D eigenvalue weighted by Crippen LogP contribution is -2.42. The fraction of sp³-hybridized carbons (Fsp3) is 0.917. The first kappa shape index (κ1) is 16.2. The van der Waals surface area contributed by atoms with E-state index in [0.717, 1.165) is 39.1 Å². The van der Waals surface area contributed by atoms with Gasteiger partial charge in [0.1, 0.15) is 0 Å². The number of nitrogens with two attached hydrogens (primary N) is 1. The molecule has 0 saturated heterocycles. The molecule has 0 aromatic heterocycles. The van der Waals surface area contributed by atoms with Gasteiger partial charge in [-0.25, -0.2) is 5.84 Å². The molecule has 0 radical (unpaired) electrons. The molecule has 4 N–H and O–H groups in total. The summed E-state index contributed by atoms with van der Waals surface area (Å²) in [5.74, 6) is 6.56. The fourth-order valence-corrected chi connectivity index (χ4v) is 1.16. The number of aliphatic imine (C=N–C) groups is 1. The molecule has 0 aromatic rings. The molecule has 0 unspecified atom stereocenters. The monoisotopic (exact) mass is 244 g/mol. The van der Waals surface area contributed by atoms with Crippen molar-refractivity contribution in [2.75, 3.05) is 26.3 Å². The van der Waals surface area contributed by atoms with Crippen molar-refractivity contribution in [2.24, 2.45) is 16.8 Å². The Labute approximate surface area is 105 Å². The second kappa shape index (κ2) is 11.7. The highest BCUT2D eigenvalue weighted by molar-refractivity contribution is 5.79. The molecule has 0 heterocycles. The van der Waals surface area contributed by atoms with Crippen LogP contribution in [0.4, 0.5) is 0 Å². The molecule has 0 bridgehead atoms. The number of nitrogens with zero attached hydrogens (tertiary/aromatic N) is 1. The van der Waals surface area contributed by atoms with Gasteiger partial charge in [-0.1, -0.05) is 27.2 Å². The van der Waals surface area contributed by atoms with Crippen LogP contribution in [-0.2, 0) is 4.74 Å². The summed E-state index contributed by atoms with van der Waals surface area (Å²) < 4.78 is 5.46. The molecule has 0 aliphatic heterocycles. The van der Waals surface area contributed by atoms with Crippen molar-refractivity contribution in [1.82, 2.24) is 10.7 Å². The zero-order valence-corrected chi connectivity index (χ0v) is 11.5. The number of nitrogens with one attached hydrogen (secondary N) is 2. The van der Waals surface area contributed by atoms with E-state index < -0.39 is 0 Å². The van der Waals surface area contributed by atoms with Gasteiger partial charge in [0.25, 0.3) is 0 Å². The average Bonchev–Trinajstić information content (AvgIpc) is 2.31. The summed E-state index contributed by atoms with van der Waals surface area (Å²) in [5.41, 5.74) is 2.57. The smallest absolute Gasteiger partial charge is 0.205 e. The van der Waals surface area contributed by atoms with E-state index >= 15 is 0 Å². The Kier molecular flexibility index (Phi) is 11.1. The van der Waals surface area contributed by atoms with Gasteiger partial charge in [0, 0.05) is 26.3 Å². The quantitative estimate of drug-likeness (QED) is 0.188. The first-order valence-electron chi connectivity index (χ1n) is 6.53. The van der Waals surface area contributed by atoms with Crippen molar-refractivity contribution in [3.8, 4) is 0 Å². The van der Waals surface area contributed by atoms with Crippen LogP contribution in [0.1, 0.15) is 40.0 Å². The Morgan fingerprint density at radius 2 is 2.00 bits per heavy atom. The normalized spacial score (nSPS) is 11.9. The van der Waals surface area contributed by atoms with Crippen LogP contribution in [0.25, 0.3) is 0 Å². The number of guanidine groups is 1. The summed E-state index contributed by atoms with van der Waals surface area (Å²) >= 11 is 0. The Bertz CT molecular complexity index is 195. The first-order chi connectivity index (χ1) is 8.20. The van der Waals surface area contributed by atoms with Crippen LogP contribution in [0.2, 0.25) is 0 Å². The van der Waals surface area contributed by atoms with Crippen LogP contribution in [-0.4, -0.2) is 32.3 Å². The minimum Gasteiger partial charge on any atom is -0.381 e. The maximum absolute atomic E-state index is 5.46. The molecule has 0 aliphatic rings. The largest absolute Gasteiger partial charge is 0.381 e. The molecule has 0 aromatic carbocycles. The number of rotatable bonds is 9. The summed E-state index contributed by atoms with van der Waals surface area (Å²) in [6.07, 6.45) is 3.28. The number of unbranched alkanes of at least 4 members (excludes halogenated alkanes) is 1. The van der Waals surface area contributed by atoms with Crippen molar-refractivity contribution >= 4 is 5.96 Å². The first-order valence-corrected chi connectivity index (χ1v) is 6.53. The third-order valence-electron chi connectivity index (χ3n) is 2.15. The van der Waals surface area contributed by atoms with E-state index in [4.69, 9.17) is 10.6 Å². The SMILES string of the molecule is CCCCOCCCNC(=NCC(C)C)NN. The minimum atomic E-state index is 0.539. The summed E-state index contributed by atoms with van der Waals surface area (Å²) in [4.78, 5) is 4.32. The molecule has 0 fully saturated rings. The van der Waals surface area contributed by atoms with Crippen LogP contribution in [0.3, 0.4) is 0 Å². The number of hydrazine groups is 1. The highest BCUT2D eigenvalue weighted by Crippen LogP contribution is 1.91. The van der Waals surface area contributed by atoms with E-state index in [9.17, 15) is 0 Å². The molecule has 102 valence electrons. The molecule has 0 amide bonds. The van der Waals surface area contributed by atoms with Gasteiger partial charge in [0.15, 0.2) is 0 Å². The third kappa shape index (κ3) is 11.5. The topological polar surface area (TPSA) is 71.7 Å². The van der Waals surface area contributed by atoms with Gasteiger partial charge in [-0.15, -0.1) is 0 Å². The van der Waals surface area contributed by atoms with E-state index in [0.29, 0.717) is 11.9 Å². The van der Waals surface area contributed by atoms with Gasteiger partial charge >= 0.3 is 0 Å². The summed E-state index contributed by atoms with van der Waals surface area (Å²) in [5, 5.41) is 3.15. The molecular formula is C12H28N4O. The van der Waals surface area contributed by atoms with Gasteiger partial charge in [-0.2, -0.15) is 0 Å². The van der Waals surface area contributed by atoms with Gasteiger partial charge in [0.05, 0.1) is 0 Å². The molecule has 0 spiro atoms. The van der Waals surface area contributed by atoms with Crippen molar-refractivity contribution in [1.29, 1.82) is 0 Å². The number of hydrogen-bond acceptors (Lipinski definition) is 3. The van der Waals surface area contributed by atoms with Crippen LogP contribution in [0.15, 0.2) is 4.99 Å². The number of ether oxygens (including phenoxy) is 1. The molecule has 0 saturated carbocycles. The second-order valence-corrected chi connectivity index (χ2v) is 4.47. The fourth-order valence-electron chi connectivity index (χ4n) is 1.16. The zero-order chi connectivity index (χ0) is 12.9. The third-order valence-corrected chi connectivity index (χ3v) is 2.15. The summed E-state index contributed by atoms with van der Waals surface area (Å²) in [6.45, 7) is 9.66. The van der Waals surface area contributed by atoms with Crippen molar-refractivity contribution < 1.29 is 4.74 Å². The van der Waals surface area contributed by atoms with E-state index in [2.05, 4.69) is 36.5 Å². The predicted octanol–water partition coefficient (Wildman–Crippen LogP) is 1.26. The van der Waals surface area contributed by atoms with Gasteiger partial charge < -0.3 is 10.1 Å². The van der Waals surface area contributed by atoms with Gasteiger partial charge in [-0.05, 0) is 18.8 Å². The van der Waals surface area contributed by atoms with Crippen LogP contribution >= 0.6 is 0 Å². The lowest BCUT2D eigenvalue weighted by molar-refractivity contribution is 0.129. The average molecular weight is 244 g/mol. The zero-order valence-electron chi connectivity index (χ0n) is 11.5. The second-order valence-electron chi connectivity index (χ2n) is 4.47. The highest BCUT2D eigenvalue weighted by Gasteiger charge is 1.96. The van der Waals surface area contributed by atoms with Gasteiger partial charge in [-0.3, -0.25) is 10.4 Å². The Balaban J connectivity index is 3.46. The Morgan fingerprint density at radius 1 is 1.29 bits per heavy atom. The summed E-state index contributed by atoms with van der Waals surface area (Å²) in [6, 6.07) is 0. The van der Waals surface area contributed by atoms with Crippen LogP contribution in [0.5, 0.6) is 0 Å². The molecular weight excluding hydrogens is 216 g/mol. The van der Waals surface area contributed by atoms with E-state index in [1.54, 1.807) is 0 Å². The molecule has 0 atom stereocenters. The maximum Gasteiger partial charge on any atom is 0.205 e. The maximum atomic E-state index is 5.46. The Hall–Kier alpha value is -0.810. The molecule has 17 heavy (non-hydrogen) atoms. The van der Waals surface area contributed by atoms with Crippen LogP contribution < -0.4 is 16.6 Å².